The first-order chi connectivity index (χ1) is 15.4. The molecule has 0 spiro atoms. The maximum Gasteiger partial charge on any atom is 0.262 e. The van der Waals surface area contributed by atoms with E-state index in [1.807, 2.05) is 0 Å². The van der Waals surface area contributed by atoms with E-state index >= 15 is 0 Å². The number of nitrogen functional groups attached to an aromatic ring is 1. The third kappa shape index (κ3) is 3.94. The summed E-state index contributed by atoms with van der Waals surface area (Å²) >= 11 is 0. The Morgan fingerprint density at radius 3 is 2.69 bits per heavy atom. The third-order valence-electron chi connectivity index (χ3n) is 5.52. The van der Waals surface area contributed by atoms with Crippen LogP contribution in [0.15, 0.2) is 36.5 Å². The number of piperidine rings is 1. The molecule has 2 aliphatic rings. The summed E-state index contributed by atoms with van der Waals surface area (Å²) in [5.74, 6) is -2.28. The summed E-state index contributed by atoms with van der Waals surface area (Å²) in [5, 5.41) is 4.95. The molecule has 2 aromatic rings. The fourth-order valence-corrected chi connectivity index (χ4v) is 3.87. The van der Waals surface area contributed by atoms with Crippen LogP contribution in [0, 0.1) is 0 Å². The van der Waals surface area contributed by atoms with Crippen LogP contribution < -0.4 is 16.4 Å². The lowest BCUT2D eigenvalue weighted by atomic mass is 10.0. The highest BCUT2D eigenvalue weighted by Crippen LogP contribution is 2.28. The van der Waals surface area contributed by atoms with Crippen LogP contribution >= 0.6 is 0 Å². The Bertz CT molecular complexity index is 1150. The minimum atomic E-state index is -0.987. The van der Waals surface area contributed by atoms with E-state index < -0.39 is 29.7 Å². The van der Waals surface area contributed by atoms with Gasteiger partial charge in [0, 0.05) is 19.2 Å². The lowest BCUT2D eigenvalue weighted by Gasteiger charge is -2.27. The minimum Gasteiger partial charge on any atom is -0.383 e. The Morgan fingerprint density at radius 1 is 1.16 bits per heavy atom. The number of hydrogen-bond acceptors (Lipinski definition) is 7. The monoisotopic (exact) mass is 435 g/mol. The van der Waals surface area contributed by atoms with E-state index in [2.05, 4.69) is 15.6 Å². The average molecular weight is 435 g/mol. The fraction of sp³-hybridized carbons (Fsp3) is 0.273. The van der Waals surface area contributed by atoms with Gasteiger partial charge in [-0.2, -0.15) is 0 Å². The average Bonchev–Trinajstić information content (AvgIpc) is 3.01. The molecule has 0 saturated carbocycles. The zero-order chi connectivity index (χ0) is 22.8. The van der Waals surface area contributed by atoms with Crippen LogP contribution in [0.1, 0.15) is 55.9 Å². The van der Waals surface area contributed by atoms with E-state index in [-0.39, 0.29) is 35.7 Å². The standard InChI is InChI=1S/C22H21N5O5/c23-18-14(4-2-9-24-18)19(29)25-10-1-3-12-5-6-13-15(11-12)22(32)27(21(13)31)16-7-8-17(28)26-20(16)30/h2,4-6,9,11,16H,1,3,7-8,10H2,(H2,23,24)(H,25,29)(H,26,28,30). The second-order valence-electron chi connectivity index (χ2n) is 7.62. The molecule has 4 N–H and O–H groups in total. The van der Waals surface area contributed by atoms with Gasteiger partial charge in [-0.3, -0.25) is 34.2 Å². The summed E-state index contributed by atoms with van der Waals surface area (Å²) in [4.78, 5) is 66.1. The number of carbonyl (C=O) groups is 5. The molecule has 1 atom stereocenters. The largest absolute Gasteiger partial charge is 0.383 e. The van der Waals surface area contributed by atoms with E-state index in [4.69, 9.17) is 5.73 Å². The van der Waals surface area contributed by atoms with Crippen molar-refractivity contribution >= 4 is 35.4 Å². The second-order valence-corrected chi connectivity index (χ2v) is 7.62. The number of amides is 5. The van der Waals surface area contributed by atoms with Crippen LogP contribution in [-0.4, -0.2) is 52.0 Å². The quantitative estimate of drug-likeness (QED) is 0.439. The topological polar surface area (TPSA) is 152 Å². The lowest BCUT2D eigenvalue weighted by molar-refractivity contribution is -0.136. The van der Waals surface area contributed by atoms with Gasteiger partial charge in [0.05, 0.1) is 16.7 Å². The summed E-state index contributed by atoms with van der Waals surface area (Å²) in [6.45, 7) is 0.388. The molecule has 0 bridgehead atoms. The molecule has 0 aliphatic carbocycles. The van der Waals surface area contributed by atoms with Gasteiger partial charge in [0.15, 0.2) is 0 Å². The van der Waals surface area contributed by atoms with Crippen molar-refractivity contribution in [3.63, 3.8) is 0 Å². The van der Waals surface area contributed by atoms with Gasteiger partial charge in [-0.25, -0.2) is 4.98 Å². The number of aromatic nitrogens is 1. The third-order valence-corrected chi connectivity index (χ3v) is 5.52. The molecule has 5 amide bonds. The number of nitrogens with one attached hydrogen (secondary N) is 2. The number of anilines is 1. The van der Waals surface area contributed by atoms with Crippen molar-refractivity contribution in [2.24, 2.45) is 0 Å². The number of pyridine rings is 1. The highest BCUT2D eigenvalue weighted by atomic mass is 16.2. The van der Waals surface area contributed by atoms with Gasteiger partial charge < -0.3 is 11.1 Å². The summed E-state index contributed by atoms with van der Waals surface area (Å²) < 4.78 is 0. The molecule has 1 unspecified atom stereocenters. The first-order valence-corrected chi connectivity index (χ1v) is 10.2. The number of hydrogen-bond donors (Lipinski definition) is 3. The van der Waals surface area contributed by atoms with Crippen LogP contribution in [0.3, 0.4) is 0 Å². The van der Waals surface area contributed by atoms with Crippen molar-refractivity contribution in [1.82, 2.24) is 20.5 Å². The normalized spacial score (nSPS) is 17.9. The number of rotatable bonds is 6. The van der Waals surface area contributed by atoms with Crippen LogP contribution in [0.5, 0.6) is 0 Å². The molecule has 10 nitrogen and oxygen atoms in total. The summed E-state index contributed by atoms with van der Waals surface area (Å²) in [7, 11) is 0. The molecular weight excluding hydrogens is 414 g/mol. The molecule has 1 aromatic carbocycles. The van der Waals surface area contributed by atoms with Gasteiger partial charge in [0.2, 0.25) is 11.8 Å². The number of fused-ring (bicyclic) bond motifs is 1. The van der Waals surface area contributed by atoms with Crippen LogP contribution in [-0.2, 0) is 16.0 Å². The molecule has 1 fully saturated rings. The van der Waals surface area contributed by atoms with Gasteiger partial charge >= 0.3 is 0 Å². The Kier molecular flexibility index (Phi) is 5.67. The van der Waals surface area contributed by atoms with E-state index in [1.165, 1.54) is 6.20 Å². The number of imide groups is 2. The van der Waals surface area contributed by atoms with E-state index in [1.54, 1.807) is 30.3 Å². The Labute approximate surface area is 183 Å². The smallest absolute Gasteiger partial charge is 0.262 e. The first-order valence-electron chi connectivity index (χ1n) is 10.2. The maximum atomic E-state index is 12.9. The predicted octanol–water partition coefficient (Wildman–Crippen LogP) is 0.428. The molecule has 1 aromatic heterocycles. The fourth-order valence-electron chi connectivity index (χ4n) is 3.87. The van der Waals surface area contributed by atoms with Gasteiger partial charge in [0.25, 0.3) is 17.7 Å². The maximum absolute atomic E-state index is 12.9. The van der Waals surface area contributed by atoms with Crippen LogP contribution in [0.25, 0.3) is 0 Å². The van der Waals surface area contributed by atoms with E-state index in [0.29, 0.717) is 24.9 Å². The molecule has 10 heteroatoms. The van der Waals surface area contributed by atoms with Crippen LogP contribution in [0.2, 0.25) is 0 Å². The zero-order valence-electron chi connectivity index (χ0n) is 17.1. The molecule has 1 saturated heterocycles. The van der Waals surface area contributed by atoms with Crippen molar-refractivity contribution in [3.05, 3.63) is 58.8 Å². The van der Waals surface area contributed by atoms with E-state index in [9.17, 15) is 24.0 Å². The summed E-state index contributed by atoms with van der Waals surface area (Å²) in [6.07, 6.45) is 2.86. The summed E-state index contributed by atoms with van der Waals surface area (Å²) in [6, 6.07) is 7.20. The van der Waals surface area contributed by atoms with Gasteiger partial charge in [-0.1, -0.05) is 6.07 Å². The zero-order valence-corrected chi connectivity index (χ0v) is 17.1. The highest BCUT2D eigenvalue weighted by molar-refractivity contribution is 6.23. The number of aryl methyl sites for hydroxylation is 1. The Morgan fingerprint density at radius 2 is 1.94 bits per heavy atom. The van der Waals surface area contributed by atoms with Crippen molar-refractivity contribution in [1.29, 1.82) is 0 Å². The Balaban J connectivity index is 1.37. The number of nitrogens with zero attached hydrogens (tertiary/aromatic N) is 2. The van der Waals surface area contributed by atoms with Gasteiger partial charge in [-0.15, -0.1) is 0 Å². The van der Waals surface area contributed by atoms with Crippen molar-refractivity contribution in [2.75, 3.05) is 12.3 Å². The molecule has 3 heterocycles. The minimum absolute atomic E-state index is 0.0749. The van der Waals surface area contributed by atoms with Crippen molar-refractivity contribution in [3.8, 4) is 0 Å². The molecular formula is C22H21N5O5. The lowest BCUT2D eigenvalue weighted by Crippen LogP contribution is -2.54. The molecule has 4 rings (SSSR count). The van der Waals surface area contributed by atoms with E-state index in [0.717, 1.165) is 10.5 Å². The molecule has 2 aliphatic heterocycles. The molecule has 164 valence electrons. The van der Waals surface area contributed by atoms with Crippen molar-refractivity contribution < 1.29 is 24.0 Å². The van der Waals surface area contributed by atoms with Crippen molar-refractivity contribution in [2.45, 2.75) is 31.7 Å². The first kappa shape index (κ1) is 21.2. The second kappa shape index (κ2) is 8.58. The SMILES string of the molecule is Nc1ncccc1C(=O)NCCCc1ccc2c(c1)C(=O)N(C1CCC(=O)NC1=O)C2=O. The highest BCUT2D eigenvalue weighted by Gasteiger charge is 2.44. The number of nitrogens with two attached hydrogens (primary N) is 1. The molecule has 32 heavy (non-hydrogen) atoms. The van der Waals surface area contributed by atoms with Crippen LogP contribution in [0.4, 0.5) is 5.82 Å². The summed E-state index contributed by atoms with van der Waals surface area (Å²) in [5.41, 5.74) is 7.31. The predicted molar refractivity (Wildman–Crippen MR) is 112 cm³/mol. The van der Waals surface area contributed by atoms with Gasteiger partial charge in [0.1, 0.15) is 11.9 Å². The Hall–Kier alpha value is -4.08. The number of benzene rings is 1. The molecule has 0 radical (unpaired) electrons. The number of carbonyl (C=O) groups excluding carboxylic acids is 5. The van der Waals surface area contributed by atoms with Gasteiger partial charge in [-0.05, 0) is 49.1 Å².